The summed E-state index contributed by atoms with van der Waals surface area (Å²) in [6.45, 7) is 14.3. The van der Waals surface area contributed by atoms with Gasteiger partial charge in [0.15, 0.2) is 0 Å². The minimum absolute atomic E-state index is 0.561. The van der Waals surface area contributed by atoms with E-state index >= 15 is 0 Å². The molecule has 0 aromatic rings. The first kappa shape index (κ1) is 44.7. The van der Waals surface area contributed by atoms with Crippen molar-refractivity contribution in [3.8, 4) is 0 Å². The topological polar surface area (TPSA) is 77.8 Å². The van der Waals surface area contributed by atoms with Crippen LogP contribution in [0.4, 0.5) is 0 Å². The molecule has 0 spiro atoms. The van der Waals surface area contributed by atoms with E-state index in [0.717, 1.165) is 0 Å². The second kappa shape index (κ2) is 30.3. The second-order valence-corrected chi connectivity index (χ2v) is 16.3. The van der Waals surface area contributed by atoms with Crippen molar-refractivity contribution in [1.82, 2.24) is 0 Å². The normalized spacial score (nSPS) is 12.5. The summed E-state index contributed by atoms with van der Waals surface area (Å²) in [6, 6.07) is 0. The molecule has 0 rings (SSSR count). The average Bonchev–Trinajstić information content (AvgIpc) is 2.93. The molecule has 0 heterocycles. The first-order valence-corrected chi connectivity index (χ1v) is 21.0. The van der Waals surface area contributed by atoms with Crippen molar-refractivity contribution in [2.24, 2.45) is 0 Å². The SMILES string of the molecule is CCCCCC[C](CCCCC)(CCCCCC)[Ni][C](CCCCC)(CCCCCC)CCCCCC.O=P(O)(O)O. The maximum Gasteiger partial charge on any atom is 0.466 e. The predicted octanol–water partition coefficient (Wildman–Crippen LogP) is 13.5. The fraction of sp³-hybridized carbons (Fsp3) is 1.00. The zero-order chi connectivity index (χ0) is 32.0. The summed E-state index contributed by atoms with van der Waals surface area (Å²) < 4.78 is 10.0. The predicted molar refractivity (Wildman–Crippen MR) is 183 cm³/mol. The van der Waals surface area contributed by atoms with Gasteiger partial charge in [0.1, 0.15) is 0 Å². The van der Waals surface area contributed by atoms with E-state index in [4.69, 9.17) is 19.2 Å². The molecule has 0 radical (unpaired) electrons. The third-order valence-electron chi connectivity index (χ3n) is 8.61. The maximum atomic E-state index is 8.88. The Morgan fingerprint density at radius 2 is 0.548 bits per heavy atom. The molecule has 0 atom stereocenters. The molecule has 0 unspecified atom stereocenters. The third kappa shape index (κ3) is 29.3. The van der Waals surface area contributed by atoms with Gasteiger partial charge in [-0.25, -0.2) is 4.57 Å². The van der Waals surface area contributed by atoms with Gasteiger partial charge in [-0.3, -0.25) is 0 Å². The van der Waals surface area contributed by atoms with E-state index in [9.17, 15) is 0 Å². The van der Waals surface area contributed by atoms with E-state index in [-0.39, 0.29) is 0 Å². The molecule has 42 heavy (non-hydrogen) atoms. The minimum atomic E-state index is -4.64. The number of unbranched alkanes of at least 4 members (excludes halogenated alkanes) is 16. The number of hydrogen-bond acceptors (Lipinski definition) is 1. The van der Waals surface area contributed by atoms with Crippen LogP contribution in [0, 0.1) is 0 Å². The summed E-state index contributed by atoms with van der Waals surface area (Å²) in [5, 5.41) is 0. The summed E-state index contributed by atoms with van der Waals surface area (Å²) in [4.78, 5) is 21.6. The Balaban J connectivity index is 0. The fourth-order valence-electron chi connectivity index (χ4n) is 6.14. The number of phosphoric acid groups is 1. The summed E-state index contributed by atoms with van der Waals surface area (Å²) in [5.74, 6) is 0. The minimum Gasteiger partial charge on any atom is -0.303 e. The van der Waals surface area contributed by atoms with Crippen LogP contribution in [0.3, 0.4) is 0 Å². The van der Waals surface area contributed by atoms with Gasteiger partial charge < -0.3 is 14.7 Å². The van der Waals surface area contributed by atoms with Crippen LogP contribution in [0.1, 0.15) is 221 Å². The molecule has 0 aliphatic rings. The molecule has 0 aliphatic carbocycles. The fourth-order valence-corrected chi connectivity index (χ4v) is 9.03. The van der Waals surface area contributed by atoms with Crippen molar-refractivity contribution in [2.75, 3.05) is 0 Å². The van der Waals surface area contributed by atoms with Crippen LogP contribution in [0.5, 0.6) is 0 Å². The standard InChI is InChI=1S/2C18H37.Ni.H3O4P/c2*1-4-7-10-13-16-18(15-12-9-6-3)17-14-11-8-5-2;;1-5(2,3)4/h2*4-17H2,1-3H3;;(H3,1,2,3,4). The van der Waals surface area contributed by atoms with E-state index in [1.165, 1.54) is 180 Å². The number of hydrogen-bond donors (Lipinski definition) is 3. The van der Waals surface area contributed by atoms with Gasteiger partial charge in [-0.15, -0.1) is 0 Å². The molecule has 0 saturated heterocycles. The largest absolute Gasteiger partial charge is 0.466 e. The monoisotopic (exact) mass is 662 g/mol. The van der Waals surface area contributed by atoms with Gasteiger partial charge in [-0.2, -0.15) is 0 Å². The zero-order valence-electron chi connectivity index (χ0n) is 29.3. The van der Waals surface area contributed by atoms with E-state index in [1.54, 1.807) is 0 Å². The van der Waals surface area contributed by atoms with Crippen LogP contribution < -0.4 is 0 Å². The molecule has 0 aromatic heterocycles. The summed E-state index contributed by atoms with van der Waals surface area (Å²) in [5.41, 5.74) is 0. The quantitative estimate of drug-likeness (QED) is 0.0406. The van der Waals surface area contributed by atoms with Gasteiger partial charge in [0.2, 0.25) is 0 Å². The molecule has 0 saturated carbocycles. The number of rotatable bonds is 30. The molecule has 4 nitrogen and oxygen atoms in total. The van der Waals surface area contributed by atoms with Crippen LogP contribution in [0.2, 0.25) is 8.77 Å². The van der Waals surface area contributed by atoms with Crippen molar-refractivity contribution < 1.29 is 33.7 Å². The maximum absolute atomic E-state index is 8.88. The molecular weight excluding hydrogens is 586 g/mol. The van der Waals surface area contributed by atoms with Crippen LogP contribution in [0.15, 0.2) is 0 Å². The summed E-state index contributed by atoms with van der Waals surface area (Å²) >= 11 is 2.36. The molecule has 3 N–H and O–H groups in total. The second-order valence-electron chi connectivity index (χ2n) is 12.9. The van der Waals surface area contributed by atoms with Gasteiger partial charge in [0, 0.05) is 0 Å². The first-order chi connectivity index (χ1) is 20.1. The molecule has 0 bridgehead atoms. The Hall–Kier alpha value is 0.604. The molecule has 0 aliphatic heterocycles. The third-order valence-corrected chi connectivity index (χ3v) is 11.1. The molecular formula is C36H77NiO4P. The van der Waals surface area contributed by atoms with E-state index in [1.807, 2.05) is 0 Å². The molecule has 6 heteroatoms. The van der Waals surface area contributed by atoms with Gasteiger partial charge in [0.05, 0.1) is 0 Å². The van der Waals surface area contributed by atoms with Crippen LogP contribution >= 0.6 is 7.82 Å². The van der Waals surface area contributed by atoms with Crippen molar-refractivity contribution in [3.63, 3.8) is 0 Å². The molecule has 0 aromatic carbocycles. The molecule has 260 valence electrons. The van der Waals surface area contributed by atoms with Gasteiger partial charge >= 0.3 is 252 Å². The van der Waals surface area contributed by atoms with Gasteiger partial charge in [-0.05, 0) is 0 Å². The Kier molecular flexibility index (Phi) is 32.2. The van der Waals surface area contributed by atoms with E-state index in [2.05, 4.69) is 56.0 Å². The van der Waals surface area contributed by atoms with Gasteiger partial charge in [-0.1, -0.05) is 0 Å². The van der Waals surface area contributed by atoms with E-state index in [0.29, 0.717) is 8.77 Å². The Morgan fingerprint density at radius 1 is 0.381 bits per heavy atom. The Morgan fingerprint density at radius 3 is 0.738 bits per heavy atom. The Labute approximate surface area is 270 Å². The van der Waals surface area contributed by atoms with Crippen LogP contribution in [0.25, 0.3) is 0 Å². The Bertz CT molecular complexity index is 523. The molecule has 0 amide bonds. The zero-order valence-corrected chi connectivity index (χ0v) is 31.2. The first-order valence-electron chi connectivity index (χ1n) is 18.5. The van der Waals surface area contributed by atoms with Crippen molar-refractivity contribution in [1.29, 1.82) is 0 Å². The van der Waals surface area contributed by atoms with Crippen molar-refractivity contribution in [3.05, 3.63) is 0 Å². The van der Waals surface area contributed by atoms with Crippen molar-refractivity contribution in [2.45, 2.75) is 230 Å². The summed E-state index contributed by atoms with van der Waals surface area (Å²) in [7, 11) is -4.64. The smallest absolute Gasteiger partial charge is 0.303 e. The van der Waals surface area contributed by atoms with Crippen molar-refractivity contribution >= 4 is 7.82 Å². The van der Waals surface area contributed by atoms with Crippen LogP contribution in [-0.4, -0.2) is 14.7 Å². The summed E-state index contributed by atoms with van der Waals surface area (Å²) in [6.07, 6.45) is 40.5. The molecule has 0 fully saturated rings. The average molecular weight is 664 g/mol. The van der Waals surface area contributed by atoms with Crippen LogP contribution in [-0.2, 0) is 19.0 Å². The van der Waals surface area contributed by atoms with Gasteiger partial charge in [0.25, 0.3) is 0 Å². The van der Waals surface area contributed by atoms with E-state index < -0.39 is 7.82 Å².